The third-order valence-electron chi connectivity index (χ3n) is 3.24. The van der Waals surface area contributed by atoms with Crippen LogP contribution in [-0.2, 0) is 0 Å². The second-order valence-electron chi connectivity index (χ2n) is 4.49. The van der Waals surface area contributed by atoms with Gasteiger partial charge in [-0.25, -0.2) is 0 Å². The van der Waals surface area contributed by atoms with Gasteiger partial charge >= 0.3 is 0 Å². The quantitative estimate of drug-likeness (QED) is 0.647. The Labute approximate surface area is 110 Å². The number of halogens is 1. The van der Waals surface area contributed by atoms with E-state index in [9.17, 15) is 0 Å². The third kappa shape index (κ3) is 3.22. The number of nitrogen functional groups attached to an aromatic ring is 1. The van der Waals surface area contributed by atoms with E-state index in [1.807, 2.05) is 18.2 Å². The molecule has 0 radical (unpaired) electrons. The van der Waals surface area contributed by atoms with E-state index in [0.29, 0.717) is 17.9 Å². The summed E-state index contributed by atoms with van der Waals surface area (Å²) in [5, 5.41) is 7.50. The van der Waals surface area contributed by atoms with E-state index in [4.69, 9.17) is 15.9 Å². The number of benzene rings is 1. The van der Waals surface area contributed by atoms with Gasteiger partial charge in [0.2, 0.25) is 0 Å². The molecule has 0 aliphatic heterocycles. The van der Waals surface area contributed by atoms with Crippen molar-refractivity contribution >= 4 is 21.8 Å². The molecule has 0 unspecified atom stereocenters. The highest BCUT2D eigenvalue weighted by Crippen LogP contribution is 2.30. The SMILES string of the molecule is N=C(N)c1ccc(Br)cc1OCCC1CCC1. The molecular formula is C13H17BrN2O. The molecule has 1 fully saturated rings. The number of amidine groups is 1. The monoisotopic (exact) mass is 296 g/mol. The molecule has 17 heavy (non-hydrogen) atoms. The molecule has 0 aromatic heterocycles. The summed E-state index contributed by atoms with van der Waals surface area (Å²) in [5.74, 6) is 1.59. The first-order valence-electron chi connectivity index (χ1n) is 5.93. The van der Waals surface area contributed by atoms with E-state index >= 15 is 0 Å². The molecule has 0 saturated heterocycles. The molecule has 92 valence electrons. The van der Waals surface area contributed by atoms with Gasteiger partial charge in [-0.2, -0.15) is 0 Å². The normalized spacial score (nSPS) is 15.4. The average Bonchev–Trinajstić information content (AvgIpc) is 2.21. The fourth-order valence-corrected chi connectivity index (χ4v) is 2.30. The van der Waals surface area contributed by atoms with Crippen LogP contribution in [0.2, 0.25) is 0 Å². The number of ether oxygens (including phenoxy) is 1. The molecule has 1 aromatic carbocycles. The van der Waals surface area contributed by atoms with E-state index < -0.39 is 0 Å². The second kappa shape index (κ2) is 5.54. The van der Waals surface area contributed by atoms with Crippen LogP contribution in [0, 0.1) is 11.3 Å². The largest absolute Gasteiger partial charge is 0.493 e. The van der Waals surface area contributed by atoms with Gasteiger partial charge in [0.15, 0.2) is 0 Å². The molecule has 2 rings (SSSR count). The van der Waals surface area contributed by atoms with Crippen molar-refractivity contribution in [3.05, 3.63) is 28.2 Å². The van der Waals surface area contributed by atoms with Crippen LogP contribution in [0.25, 0.3) is 0 Å². The molecule has 3 nitrogen and oxygen atoms in total. The Balaban J connectivity index is 1.97. The first-order chi connectivity index (χ1) is 8.16. The van der Waals surface area contributed by atoms with Crippen molar-refractivity contribution in [2.75, 3.05) is 6.61 Å². The Morgan fingerprint density at radius 2 is 2.24 bits per heavy atom. The van der Waals surface area contributed by atoms with Gasteiger partial charge in [0.1, 0.15) is 11.6 Å². The summed E-state index contributed by atoms with van der Waals surface area (Å²) in [6, 6.07) is 5.55. The molecule has 0 heterocycles. The van der Waals surface area contributed by atoms with Gasteiger partial charge in [-0.1, -0.05) is 35.2 Å². The van der Waals surface area contributed by atoms with Gasteiger partial charge in [0.25, 0.3) is 0 Å². The van der Waals surface area contributed by atoms with Crippen LogP contribution >= 0.6 is 15.9 Å². The highest BCUT2D eigenvalue weighted by Gasteiger charge is 2.17. The molecule has 1 aliphatic carbocycles. The van der Waals surface area contributed by atoms with Crippen molar-refractivity contribution in [3.63, 3.8) is 0 Å². The molecule has 0 atom stereocenters. The average molecular weight is 297 g/mol. The Kier molecular flexibility index (Phi) is 4.05. The summed E-state index contributed by atoms with van der Waals surface area (Å²) < 4.78 is 6.68. The van der Waals surface area contributed by atoms with Crippen LogP contribution in [0.1, 0.15) is 31.2 Å². The van der Waals surface area contributed by atoms with Gasteiger partial charge in [0.05, 0.1) is 12.2 Å². The van der Waals surface area contributed by atoms with E-state index in [1.165, 1.54) is 19.3 Å². The smallest absolute Gasteiger partial charge is 0.131 e. The number of rotatable bonds is 5. The zero-order chi connectivity index (χ0) is 12.3. The highest BCUT2D eigenvalue weighted by atomic mass is 79.9. The predicted molar refractivity (Wildman–Crippen MR) is 72.6 cm³/mol. The predicted octanol–water partition coefficient (Wildman–Crippen LogP) is 3.30. The second-order valence-corrected chi connectivity index (χ2v) is 5.40. The van der Waals surface area contributed by atoms with Crippen LogP contribution in [0.3, 0.4) is 0 Å². The molecule has 0 amide bonds. The Hall–Kier alpha value is -1.03. The number of hydrogen-bond donors (Lipinski definition) is 2. The van der Waals surface area contributed by atoms with Crippen molar-refractivity contribution in [3.8, 4) is 5.75 Å². The minimum absolute atomic E-state index is 0.0520. The Bertz CT molecular complexity index is 416. The number of nitrogens with one attached hydrogen (secondary N) is 1. The van der Waals surface area contributed by atoms with E-state index in [1.54, 1.807) is 0 Å². The highest BCUT2D eigenvalue weighted by molar-refractivity contribution is 9.10. The summed E-state index contributed by atoms with van der Waals surface area (Å²) in [4.78, 5) is 0. The molecule has 1 saturated carbocycles. The molecule has 0 spiro atoms. The van der Waals surface area contributed by atoms with Gasteiger partial charge in [-0.05, 0) is 30.5 Å². The lowest BCUT2D eigenvalue weighted by Gasteiger charge is -2.25. The molecule has 4 heteroatoms. The van der Waals surface area contributed by atoms with Gasteiger partial charge in [0, 0.05) is 4.47 Å². The zero-order valence-electron chi connectivity index (χ0n) is 9.71. The standard InChI is InChI=1S/C13H17BrN2O/c14-10-4-5-11(13(15)16)12(8-10)17-7-6-9-2-1-3-9/h4-5,8-9H,1-3,6-7H2,(H3,15,16). The fraction of sp³-hybridized carbons (Fsp3) is 0.462. The first-order valence-corrected chi connectivity index (χ1v) is 6.73. The first kappa shape index (κ1) is 12.4. The summed E-state index contributed by atoms with van der Waals surface area (Å²) >= 11 is 3.40. The fourth-order valence-electron chi connectivity index (χ4n) is 1.96. The number of nitrogens with two attached hydrogens (primary N) is 1. The van der Waals surface area contributed by atoms with E-state index in [2.05, 4.69) is 15.9 Å². The van der Waals surface area contributed by atoms with Crippen molar-refractivity contribution in [1.82, 2.24) is 0 Å². The lowest BCUT2D eigenvalue weighted by Crippen LogP contribution is -2.16. The van der Waals surface area contributed by atoms with Crippen molar-refractivity contribution in [1.29, 1.82) is 5.41 Å². The molecule has 0 bridgehead atoms. The van der Waals surface area contributed by atoms with Crippen LogP contribution in [0.4, 0.5) is 0 Å². The van der Waals surface area contributed by atoms with Crippen LogP contribution in [0.5, 0.6) is 5.75 Å². The summed E-state index contributed by atoms with van der Waals surface area (Å²) in [5.41, 5.74) is 6.19. The van der Waals surface area contributed by atoms with Gasteiger partial charge < -0.3 is 10.5 Å². The van der Waals surface area contributed by atoms with Crippen LogP contribution in [-0.4, -0.2) is 12.4 Å². The van der Waals surface area contributed by atoms with Crippen molar-refractivity contribution in [2.24, 2.45) is 11.7 Å². The third-order valence-corrected chi connectivity index (χ3v) is 3.74. The summed E-state index contributed by atoms with van der Waals surface area (Å²) in [6.45, 7) is 0.710. The summed E-state index contributed by atoms with van der Waals surface area (Å²) in [7, 11) is 0. The summed E-state index contributed by atoms with van der Waals surface area (Å²) in [6.07, 6.45) is 5.13. The maximum absolute atomic E-state index is 7.50. The maximum atomic E-state index is 7.50. The molecular weight excluding hydrogens is 280 g/mol. The zero-order valence-corrected chi connectivity index (χ0v) is 11.3. The van der Waals surface area contributed by atoms with Crippen molar-refractivity contribution < 1.29 is 4.74 Å². The Morgan fingerprint density at radius 1 is 1.47 bits per heavy atom. The molecule has 1 aromatic rings. The topological polar surface area (TPSA) is 59.1 Å². The Morgan fingerprint density at radius 3 is 2.82 bits per heavy atom. The molecule has 1 aliphatic rings. The number of hydrogen-bond acceptors (Lipinski definition) is 2. The maximum Gasteiger partial charge on any atom is 0.131 e. The van der Waals surface area contributed by atoms with Crippen molar-refractivity contribution in [2.45, 2.75) is 25.7 Å². The lowest BCUT2D eigenvalue weighted by atomic mass is 9.83. The molecule has 3 N–H and O–H groups in total. The van der Waals surface area contributed by atoms with Gasteiger partial charge in [-0.3, -0.25) is 5.41 Å². The van der Waals surface area contributed by atoms with E-state index in [0.717, 1.165) is 16.8 Å². The van der Waals surface area contributed by atoms with Crippen LogP contribution < -0.4 is 10.5 Å². The minimum atomic E-state index is 0.0520. The van der Waals surface area contributed by atoms with Gasteiger partial charge in [-0.15, -0.1) is 0 Å². The van der Waals surface area contributed by atoms with E-state index in [-0.39, 0.29) is 5.84 Å². The van der Waals surface area contributed by atoms with Crippen LogP contribution in [0.15, 0.2) is 22.7 Å². The minimum Gasteiger partial charge on any atom is -0.493 e. The lowest BCUT2D eigenvalue weighted by molar-refractivity contribution is 0.221.